The second-order valence-electron chi connectivity index (χ2n) is 9.24. The predicted octanol–water partition coefficient (Wildman–Crippen LogP) is 3.60. The number of benzene rings is 2. The average molecular weight is 568 g/mol. The van der Waals surface area contributed by atoms with Crippen molar-refractivity contribution in [2.75, 3.05) is 35.1 Å². The highest BCUT2D eigenvalue weighted by molar-refractivity contribution is 7.86. The Morgan fingerprint density at radius 1 is 0.949 bits per heavy atom. The molecule has 0 spiro atoms. The van der Waals surface area contributed by atoms with Gasteiger partial charge in [-0.3, -0.25) is 18.6 Å². The van der Waals surface area contributed by atoms with E-state index in [4.69, 9.17) is 9.47 Å². The Hall–Kier alpha value is -3.61. The van der Waals surface area contributed by atoms with Crippen molar-refractivity contribution in [2.24, 2.45) is 0 Å². The first-order valence-electron chi connectivity index (χ1n) is 12.4. The standard InChI is InChI=1S/C26H28F3N3O6S/c27-26(28,29)19-8-4-5-9-20(19)32(13-23(33)30-17-6-2-1-3-7-17)25(35)15-39(36)14-24(34)31-18-10-11-21-22(12-18)38-16-37-21/h4-5,8-12,17H,1-3,6-7,13-16H2,(H,30,33)(H,31,34). The average Bonchev–Trinajstić information content (AvgIpc) is 3.35. The number of rotatable bonds is 9. The van der Waals surface area contributed by atoms with Gasteiger partial charge in [-0.05, 0) is 37.1 Å². The largest absolute Gasteiger partial charge is 0.454 e. The van der Waals surface area contributed by atoms with Crippen LogP contribution in [0.1, 0.15) is 37.7 Å². The second-order valence-corrected chi connectivity index (χ2v) is 10.7. The highest BCUT2D eigenvalue weighted by atomic mass is 32.2. The number of ether oxygens (including phenoxy) is 2. The number of alkyl halides is 3. The number of hydrogen-bond donors (Lipinski definition) is 2. The van der Waals surface area contributed by atoms with E-state index in [1.165, 1.54) is 18.2 Å². The van der Waals surface area contributed by atoms with Crippen LogP contribution in [-0.2, 0) is 31.4 Å². The molecule has 13 heteroatoms. The quantitative estimate of drug-likeness (QED) is 0.479. The van der Waals surface area contributed by atoms with Crippen LogP contribution < -0.4 is 25.0 Å². The summed E-state index contributed by atoms with van der Waals surface area (Å²) in [6.07, 6.45) is -0.388. The van der Waals surface area contributed by atoms with E-state index < -0.39 is 64.0 Å². The highest BCUT2D eigenvalue weighted by Gasteiger charge is 2.36. The van der Waals surface area contributed by atoms with Crippen LogP contribution in [-0.4, -0.2) is 52.8 Å². The number of anilines is 2. The maximum atomic E-state index is 13.7. The number of nitrogens with zero attached hydrogens (tertiary/aromatic N) is 1. The Bertz CT molecular complexity index is 1250. The Morgan fingerprint density at radius 2 is 1.67 bits per heavy atom. The number of carbonyl (C=O) groups is 3. The highest BCUT2D eigenvalue weighted by Crippen LogP contribution is 2.37. The fourth-order valence-corrected chi connectivity index (χ4v) is 5.40. The van der Waals surface area contributed by atoms with E-state index in [0.717, 1.165) is 44.2 Å². The van der Waals surface area contributed by atoms with Gasteiger partial charge in [0.05, 0.1) is 11.3 Å². The number of halogens is 3. The summed E-state index contributed by atoms with van der Waals surface area (Å²) >= 11 is 0. The first-order valence-corrected chi connectivity index (χ1v) is 13.9. The minimum atomic E-state index is -4.79. The fraction of sp³-hybridized carbons (Fsp3) is 0.423. The molecular formula is C26H28F3N3O6S. The van der Waals surface area contributed by atoms with Gasteiger partial charge in [0.15, 0.2) is 11.5 Å². The van der Waals surface area contributed by atoms with Crippen molar-refractivity contribution in [1.29, 1.82) is 0 Å². The van der Waals surface area contributed by atoms with Gasteiger partial charge in [0, 0.05) is 28.6 Å². The fourth-order valence-electron chi connectivity index (χ4n) is 4.50. The molecule has 39 heavy (non-hydrogen) atoms. The summed E-state index contributed by atoms with van der Waals surface area (Å²) in [7, 11) is -2.07. The van der Waals surface area contributed by atoms with Crippen molar-refractivity contribution in [3.05, 3.63) is 48.0 Å². The van der Waals surface area contributed by atoms with Gasteiger partial charge in [0.1, 0.15) is 18.1 Å². The third-order valence-electron chi connectivity index (χ3n) is 6.31. The van der Waals surface area contributed by atoms with Gasteiger partial charge >= 0.3 is 6.18 Å². The Morgan fingerprint density at radius 3 is 2.41 bits per heavy atom. The number of amides is 3. The van der Waals surface area contributed by atoms with Gasteiger partial charge in [-0.2, -0.15) is 13.2 Å². The predicted molar refractivity (Wildman–Crippen MR) is 138 cm³/mol. The molecule has 210 valence electrons. The lowest BCUT2D eigenvalue weighted by Crippen LogP contribution is -2.46. The maximum Gasteiger partial charge on any atom is 0.418 e. The summed E-state index contributed by atoms with van der Waals surface area (Å²) in [5.74, 6) is -2.65. The van der Waals surface area contributed by atoms with E-state index in [0.29, 0.717) is 22.1 Å². The molecule has 1 aliphatic carbocycles. The van der Waals surface area contributed by atoms with E-state index in [-0.39, 0.29) is 12.8 Å². The molecule has 1 heterocycles. The van der Waals surface area contributed by atoms with Crippen molar-refractivity contribution < 1.29 is 41.2 Å². The Labute approximate surface area is 225 Å². The van der Waals surface area contributed by atoms with Crippen molar-refractivity contribution in [3.63, 3.8) is 0 Å². The van der Waals surface area contributed by atoms with Crippen molar-refractivity contribution in [3.8, 4) is 11.5 Å². The molecule has 2 N–H and O–H groups in total. The Balaban J connectivity index is 1.44. The molecule has 3 amide bonds. The zero-order valence-electron chi connectivity index (χ0n) is 20.9. The summed E-state index contributed by atoms with van der Waals surface area (Å²) in [5.41, 5.74) is -1.27. The third kappa shape index (κ3) is 7.71. The van der Waals surface area contributed by atoms with Gasteiger partial charge < -0.3 is 25.0 Å². The zero-order valence-corrected chi connectivity index (χ0v) is 21.7. The van der Waals surface area contributed by atoms with Gasteiger partial charge in [0.2, 0.25) is 24.5 Å². The zero-order chi connectivity index (χ0) is 28.0. The van der Waals surface area contributed by atoms with Crippen LogP contribution in [0.4, 0.5) is 24.5 Å². The molecule has 1 aliphatic heterocycles. The van der Waals surface area contributed by atoms with Gasteiger partial charge in [-0.25, -0.2) is 0 Å². The number of hydrogen-bond acceptors (Lipinski definition) is 6. The number of nitrogens with one attached hydrogen (secondary N) is 2. The SMILES string of the molecule is O=C(CS(=O)CC(=O)N(CC(=O)NC1CCCCC1)c1ccccc1C(F)(F)F)Nc1ccc2c(c1)OCO2. The van der Waals surface area contributed by atoms with Gasteiger partial charge in [-0.1, -0.05) is 31.4 Å². The topological polar surface area (TPSA) is 114 Å². The molecule has 9 nitrogen and oxygen atoms in total. The van der Waals surface area contributed by atoms with Crippen LogP contribution in [0.5, 0.6) is 11.5 Å². The lowest BCUT2D eigenvalue weighted by Gasteiger charge is -2.28. The molecule has 0 aromatic heterocycles. The molecule has 1 atom stereocenters. The molecule has 2 aromatic carbocycles. The number of carbonyl (C=O) groups excluding carboxylic acids is 3. The van der Waals surface area contributed by atoms with Crippen LogP contribution >= 0.6 is 0 Å². The van der Waals surface area contributed by atoms with E-state index in [1.807, 2.05) is 0 Å². The molecule has 1 unspecified atom stereocenters. The van der Waals surface area contributed by atoms with E-state index in [9.17, 15) is 31.8 Å². The molecule has 4 rings (SSSR count). The summed E-state index contributed by atoms with van der Waals surface area (Å²) in [6, 6.07) is 8.95. The second kappa shape index (κ2) is 12.5. The van der Waals surface area contributed by atoms with Gasteiger partial charge in [0.25, 0.3) is 0 Å². The smallest absolute Gasteiger partial charge is 0.418 e. The Kier molecular flexibility index (Phi) is 9.10. The summed E-state index contributed by atoms with van der Waals surface area (Å²) < 4.78 is 64.4. The van der Waals surface area contributed by atoms with Crippen LogP contribution in [0.15, 0.2) is 42.5 Å². The lowest BCUT2D eigenvalue weighted by molar-refractivity contribution is -0.137. The molecule has 0 saturated heterocycles. The van der Waals surface area contributed by atoms with Crippen molar-refractivity contribution in [2.45, 2.75) is 44.3 Å². The molecule has 0 radical (unpaired) electrons. The summed E-state index contributed by atoms with van der Waals surface area (Å²) in [6.45, 7) is -0.630. The normalized spacial score (nSPS) is 15.9. The van der Waals surface area contributed by atoms with Crippen LogP contribution in [0.25, 0.3) is 0 Å². The molecule has 2 aliphatic rings. The van der Waals surface area contributed by atoms with E-state index >= 15 is 0 Å². The third-order valence-corrected chi connectivity index (χ3v) is 7.46. The van der Waals surface area contributed by atoms with Crippen molar-refractivity contribution >= 4 is 39.9 Å². The maximum absolute atomic E-state index is 13.7. The molecule has 0 bridgehead atoms. The monoisotopic (exact) mass is 567 g/mol. The minimum absolute atomic E-state index is 0.0471. The molecule has 2 aromatic rings. The van der Waals surface area contributed by atoms with Crippen molar-refractivity contribution in [1.82, 2.24) is 5.32 Å². The van der Waals surface area contributed by atoms with Gasteiger partial charge in [-0.15, -0.1) is 0 Å². The lowest BCUT2D eigenvalue weighted by atomic mass is 9.95. The van der Waals surface area contributed by atoms with E-state index in [2.05, 4.69) is 10.6 Å². The van der Waals surface area contributed by atoms with E-state index in [1.54, 1.807) is 12.1 Å². The summed E-state index contributed by atoms with van der Waals surface area (Å²) in [5, 5.41) is 5.33. The molecular weight excluding hydrogens is 539 g/mol. The minimum Gasteiger partial charge on any atom is -0.454 e. The number of fused-ring (bicyclic) bond motifs is 1. The first kappa shape index (κ1) is 28.4. The molecule has 1 fully saturated rings. The molecule has 1 saturated carbocycles. The summed E-state index contributed by atoms with van der Waals surface area (Å²) in [4.78, 5) is 39.0. The first-order chi connectivity index (χ1) is 18.6. The van der Waals surface area contributed by atoms with Crippen LogP contribution in [0.3, 0.4) is 0 Å². The van der Waals surface area contributed by atoms with Crippen LogP contribution in [0.2, 0.25) is 0 Å². The van der Waals surface area contributed by atoms with Crippen LogP contribution in [0, 0.1) is 0 Å². The number of para-hydroxylation sites is 1.